The molecule has 0 aromatic heterocycles. The summed E-state index contributed by atoms with van der Waals surface area (Å²) >= 11 is 0. The summed E-state index contributed by atoms with van der Waals surface area (Å²) in [4.78, 5) is 14.4. The van der Waals surface area contributed by atoms with Gasteiger partial charge in [-0.05, 0) is 47.2 Å². The van der Waals surface area contributed by atoms with Gasteiger partial charge in [0.05, 0.1) is 6.61 Å². The summed E-state index contributed by atoms with van der Waals surface area (Å²) in [5.74, 6) is -0.144. The third-order valence-corrected chi connectivity index (χ3v) is 4.44. The third kappa shape index (κ3) is 4.77. The number of carbonyl (C=O) groups is 1. The van der Waals surface area contributed by atoms with Crippen LogP contribution in [0.1, 0.15) is 52.4 Å². The van der Waals surface area contributed by atoms with Crippen LogP contribution in [0.15, 0.2) is 0 Å². The van der Waals surface area contributed by atoms with Crippen LogP contribution in [0.2, 0.25) is 0 Å². The van der Waals surface area contributed by atoms with Crippen LogP contribution in [-0.2, 0) is 9.53 Å². The Bertz CT molecular complexity index is 277. The van der Waals surface area contributed by atoms with E-state index in [9.17, 15) is 4.79 Å². The van der Waals surface area contributed by atoms with Crippen molar-refractivity contribution in [3.8, 4) is 0 Å². The summed E-state index contributed by atoms with van der Waals surface area (Å²) < 4.78 is 5.16. The fraction of sp³-hybridized carbons (Fsp3) is 0.933. The predicted molar refractivity (Wildman–Crippen MR) is 78.2 cm³/mol. The number of likely N-dealkylation sites (N-methyl/N-ethyl adjacent to an activating group) is 1. The van der Waals surface area contributed by atoms with Gasteiger partial charge in [0.25, 0.3) is 0 Å². The summed E-state index contributed by atoms with van der Waals surface area (Å²) in [7, 11) is 4.01. The lowest BCUT2D eigenvalue weighted by molar-refractivity contribution is -0.150. The number of esters is 1. The zero-order valence-corrected chi connectivity index (χ0v) is 13.0. The van der Waals surface area contributed by atoms with Gasteiger partial charge < -0.3 is 15.0 Å². The Labute approximate surface area is 117 Å². The van der Waals surface area contributed by atoms with Crippen LogP contribution in [0, 0.1) is 0 Å². The van der Waals surface area contributed by atoms with E-state index in [1.807, 2.05) is 20.9 Å². The summed E-state index contributed by atoms with van der Waals surface area (Å²) in [5.41, 5.74) is -0.570. The zero-order valence-electron chi connectivity index (χ0n) is 13.0. The Balaban J connectivity index is 2.45. The van der Waals surface area contributed by atoms with Crippen molar-refractivity contribution in [3.05, 3.63) is 0 Å². The van der Waals surface area contributed by atoms with Crippen molar-refractivity contribution in [3.63, 3.8) is 0 Å². The van der Waals surface area contributed by atoms with E-state index in [1.165, 1.54) is 32.1 Å². The van der Waals surface area contributed by atoms with E-state index >= 15 is 0 Å². The maximum atomic E-state index is 12.0. The molecule has 1 fully saturated rings. The van der Waals surface area contributed by atoms with Crippen LogP contribution in [0.4, 0.5) is 0 Å². The van der Waals surface area contributed by atoms with Crippen molar-refractivity contribution in [2.45, 2.75) is 64.0 Å². The number of carbonyl (C=O) groups excluding carboxylic acids is 1. The van der Waals surface area contributed by atoms with Crippen LogP contribution < -0.4 is 5.32 Å². The highest BCUT2D eigenvalue weighted by atomic mass is 16.5. The molecule has 19 heavy (non-hydrogen) atoms. The molecular weight excluding hydrogens is 240 g/mol. The second-order valence-electron chi connectivity index (χ2n) is 5.83. The van der Waals surface area contributed by atoms with Crippen molar-refractivity contribution in [1.82, 2.24) is 10.2 Å². The summed E-state index contributed by atoms with van der Waals surface area (Å²) in [6, 6.07) is 0.692. The molecule has 0 bridgehead atoms. The maximum absolute atomic E-state index is 12.0. The minimum Gasteiger partial charge on any atom is -0.465 e. The molecule has 4 heteroatoms. The van der Waals surface area contributed by atoms with Gasteiger partial charge in [0.15, 0.2) is 0 Å². The van der Waals surface area contributed by atoms with Crippen molar-refractivity contribution in [2.75, 3.05) is 27.2 Å². The molecule has 112 valence electrons. The molecule has 1 rings (SSSR count). The highest BCUT2D eigenvalue weighted by Crippen LogP contribution is 2.22. The van der Waals surface area contributed by atoms with E-state index < -0.39 is 5.54 Å². The molecule has 0 saturated heterocycles. The number of nitrogens with zero attached hydrogens (tertiary/aromatic N) is 1. The lowest BCUT2D eigenvalue weighted by Gasteiger charge is -2.34. The zero-order chi connectivity index (χ0) is 14.3. The quantitative estimate of drug-likeness (QED) is 0.720. The van der Waals surface area contributed by atoms with Gasteiger partial charge in [-0.25, -0.2) is 0 Å². The average molecular weight is 270 g/mol. The Kier molecular flexibility index (Phi) is 6.80. The van der Waals surface area contributed by atoms with E-state index in [0.29, 0.717) is 12.6 Å². The number of rotatable bonds is 7. The summed E-state index contributed by atoms with van der Waals surface area (Å²) in [6.07, 6.45) is 7.45. The molecule has 0 aromatic carbocycles. The maximum Gasteiger partial charge on any atom is 0.326 e. The first kappa shape index (κ1) is 16.4. The van der Waals surface area contributed by atoms with E-state index in [4.69, 9.17) is 4.74 Å². The molecule has 0 aromatic rings. The average Bonchev–Trinajstić information content (AvgIpc) is 2.45. The lowest BCUT2D eigenvalue weighted by atomic mass is 9.93. The summed E-state index contributed by atoms with van der Waals surface area (Å²) in [5, 5.41) is 3.12. The van der Waals surface area contributed by atoms with Crippen molar-refractivity contribution in [1.29, 1.82) is 0 Å². The van der Waals surface area contributed by atoms with Gasteiger partial charge in [0.1, 0.15) is 5.54 Å². The van der Waals surface area contributed by atoms with Gasteiger partial charge in [0.2, 0.25) is 0 Å². The molecule has 0 heterocycles. The van der Waals surface area contributed by atoms with Gasteiger partial charge in [-0.3, -0.25) is 4.79 Å². The van der Waals surface area contributed by atoms with Gasteiger partial charge in [-0.1, -0.05) is 19.3 Å². The molecule has 0 radical (unpaired) electrons. The van der Waals surface area contributed by atoms with E-state index in [-0.39, 0.29) is 5.97 Å². The van der Waals surface area contributed by atoms with Crippen LogP contribution in [0.25, 0.3) is 0 Å². The topological polar surface area (TPSA) is 41.6 Å². The van der Waals surface area contributed by atoms with E-state index in [1.54, 1.807) is 0 Å². The number of ether oxygens (including phenoxy) is 1. The number of hydrogen-bond acceptors (Lipinski definition) is 4. The Hall–Kier alpha value is -0.610. The molecule has 1 aliphatic carbocycles. The Morgan fingerprint density at radius 2 is 2.00 bits per heavy atom. The minimum absolute atomic E-state index is 0.144. The highest BCUT2D eigenvalue weighted by Gasteiger charge is 2.33. The van der Waals surface area contributed by atoms with Crippen molar-refractivity contribution < 1.29 is 9.53 Å². The second-order valence-corrected chi connectivity index (χ2v) is 5.83. The largest absolute Gasteiger partial charge is 0.465 e. The molecule has 4 nitrogen and oxygen atoms in total. The first-order chi connectivity index (χ1) is 9.03. The van der Waals surface area contributed by atoms with Crippen LogP contribution >= 0.6 is 0 Å². The van der Waals surface area contributed by atoms with Crippen molar-refractivity contribution >= 4 is 5.97 Å². The Morgan fingerprint density at radius 1 is 1.37 bits per heavy atom. The lowest BCUT2D eigenvalue weighted by Crippen LogP contribution is -2.51. The minimum atomic E-state index is -0.570. The molecule has 1 saturated carbocycles. The SMILES string of the molecule is CCOC(=O)C(C)(CCN(C)C1CCCCC1)NC. The molecule has 1 unspecified atom stereocenters. The second kappa shape index (κ2) is 7.85. The monoisotopic (exact) mass is 270 g/mol. The highest BCUT2D eigenvalue weighted by molar-refractivity contribution is 5.80. The van der Waals surface area contributed by atoms with Gasteiger partial charge >= 0.3 is 5.97 Å². The predicted octanol–water partition coefficient (Wildman–Crippen LogP) is 2.18. The van der Waals surface area contributed by atoms with Gasteiger partial charge in [-0.2, -0.15) is 0 Å². The van der Waals surface area contributed by atoms with Crippen molar-refractivity contribution in [2.24, 2.45) is 0 Å². The van der Waals surface area contributed by atoms with Crippen LogP contribution in [0.3, 0.4) is 0 Å². The van der Waals surface area contributed by atoms with Crippen LogP contribution in [0.5, 0.6) is 0 Å². The standard InChI is InChI=1S/C15H30N2O2/c1-5-19-14(18)15(2,16-3)11-12-17(4)13-9-7-6-8-10-13/h13,16H,5-12H2,1-4H3. The molecule has 1 atom stereocenters. The Morgan fingerprint density at radius 3 is 2.53 bits per heavy atom. The summed E-state index contributed by atoms with van der Waals surface area (Å²) in [6.45, 7) is 5.15. The fourth-order valence-electron chi connectivity index (χ4n) is 2.72. The van der Waals surface area contributed by atoms with Gasteiger partial charge in [0, 0.05) is 12.6 Å². The number of hydrogen-bond donors (Lipinski definition) is 1. The molecule has 0 spiro atoms. The van der Waals surface area contributed by atoms with Crippen LogP contribution in [-0.4, -0.2) is 49.7 Å². The first-order valence-electron chi connectivity index (χ1n) is 7.60. The third-order valence-electron chi connectivity index (χ3n) is 4.44. The van der Waals surface area contributed by atoms with E-state index in [0.717, 1.165) is 13.0 Å². The first-order valence-corrected chi connectivity index (χ1v) is 7.60. The normalized spacial score (nSPS) is 20.3. The molecular formula is C15H30N2O2. The van der Waals surface area contributed by atoms with E-state index in [2.05, 4.69) is 17.3 Å². The molecule has 0 aliphatic heterocycles. The molecule has 1 aliphatic rings. The number of nitrogens with one attached hydrogen (secondary N) is 1. The molecule has 0 amide bonds. The molecule has 1 N–H and O–H groups in total. The fourth-order valence-corrected chi connectivity index (χ4v) is 2.72. The van der Waals surface area contributed by atoms with Gasteiger partial charge in [-0.15, -0.1) is 0 Å². The smallest absolute Gasteiger partial charge is 0.326 e.